The van der Waals surface area contributed by atoms with Gasteiger partial charge in [0.1, 0.15) is 0 Å². The van der Waals surface area contributed by atoms with Gasteiger partial charge in [0.05, 0.1) is 4.99 Å². The van der Waals surface area contributed by atoms with Gasteiger partial charge in [-0.2, -0.15) is 0 Å². The highest BCUT2D eigenvalue weighted by Gasteiger charge is 2.01. The molecule has 1 aromatic carbocycles. The maximum Gasteiger partial charge on any atom is 0.0730 e. The van der Waals surface area contributed by atoms with Crippen molar-refractivity contribution >= 4 is 40.4 Å². The third-order valence-corrected chi connectivity index (χ3v) is 2.46. The number of benzene rings is 1. The van der Waals surface area contributed by atoms with Crippen LogP contribution < -0.4 is 5.73 Å². The molecule has 0 amide bonds. The van der Waals surface area contributed by atoms with Crippen LogP contribution in [-0.4, -0.2) is 4.99 Å². The van der Waals surface area contributed by atoms with Gasteiger partial charge in [-0.05, 0) is 30.2 Å². The lowest BCUT2D eigenvalue weighted by molar-refractivity contribution is 1.04. The van der Waals surface area contributed by atoms with Crippen molar-refractivity contribution in [2.24, 2.45) is 5.73 Å². The summed E-state index contributed by atoms with van der Waals surface area (Å²) in [5.41, 5.74) is 6.37. The lowest BCUT2D eigenvalue weighted by atomic mass is 10.1. The Morgan fingerprint density at radius 3 is 2.69 bits per heavy atom. The third kappa shape index (κ3) is 3.51. The van der Waals surface area contributed by atoms with E-state index in [1.54, 1.807) is 12.1 Å². The number of halogens is 2. The van der Waals surface area contributed by atoms with Crippen LogP contribution in [0.2, 0.25) is 10.0 Å². The Morgan fingerprint density at radius 2 is 2.08 bits per heavy atom. The molecule has 0 saturated carbocycles. The van der Waals surface area contributed by atoms with E-state index >= 15 is 0 Å². The van der Waals surface area contributed by atoms with Crippen LogP contribution in [0.5, 0.6) is 0 Å². The van der Waals surface area contributed by atoms with Crippen LogP contribution in [0, 0.1) is 0 Å². The van der Waals surface area contributed by atoms with Crippen LogP contribution in [0.3, 0.4) is 0 Å². The Labute approximate surface area is 92.8 Å². The molecule has 13 heavy (non-hydrogen) atoms. The highest BCUT2D eigenvalue weighted by atomic mass is 35.5. The zero-order chi connectivity index (χ0) is 9.84. The van der Waals surface area contributed by atoms with Gasteiger partial charge in [0.2, 0.25) is 0 Å². The summed E-state index contributed by atoms with van der Waals surface area (Å²) >= 11 is 16.5. The number of nitrogens with two attached hydrogens (primary N) is 1. The van der Waals surface area contributed by atoms with Gasteiger partial charge in [-0.15, -0.1) is 0 Å². The van der Waals surface area contributed by atoms with E-state index in [2.05, 4.69) is 0 Å². The number of hydrogen-bond acceptors (Lipinski definition) is 1. The van der Waals surface area contributed by atoms with E-state index in [0.29, 0.717) is 21.5 Å². The molecule has 0 atom stereocenters. The summed E-state index contributed by atoms with van der Waals surface area (Å²) in [5, 5.41) is 1.39. The van der Waals surface area contributed by atoms with Crippen molar-refractivity contribution < 1.29 is 0 Å². The van der Waals surface area contributed by atoms with E-state index in [1.165, 1.54) is 0 Å². The third-order valence-electron chi connectivity index (χ3n) is 1.65. The molecule has 2 N–H and O–H groups in total. The molecule has 1 nitrogen and oxygen atoms in total. The number of rotatable bonds is 3. The Kier molecular flexibility index (Phi) is 3.97. The Hall–Kier alpha value is -0.310. The van der Waals surface area contributed by atoms with Gasteiger partial charge in [0.15, 0.2) is 0 Å². The zero-order valence-corrected chi connectivity index (χ0v) is 9.22. The molecule has 0 unspecified atom stereocenters. The molecule has 1 rings (SSSR count). The van der Waals surface area contributed by atoms with Crippen molar-refractivity contribution in [1.29, 1.82) is 0 Å². The summed E-state index contributed by atoms with van der Waals surface area (Å²) in [7, 11) is 0. The summed E-state index contributed by atoms with van der Waals surface area (Å²) < 4.78 is 0. The first-order valence-electron chi connectivity index (χ1n) is 3.82. The minimum Gasteiger partial charge on any atom is -0.393 e. The van der Waals surface area contributed by atoms with Gasteiger partial charge in [0, 0.05) is 16.5 Å². The SMILES string of the molecule is NC(=S)CCc1cc(Cl)ccc1Cl. The Bertz CT molecular complexity index is 325. The molecule has 0 aliphatic carbocycles. The van der Waals surface area contributed by atoms with E-state index in [9.17, 15) is 0 Å². The first-order valence-corrected chi connectivity index (χ1v) is 4.98. The van der Waals surface area contributed by atoms with Gasteiger partial charge < -0.3 is 5.73 Å². The van der Waals surface area contributed by atoms with Gasteiger partial charge in [-0.25, -0.2) is 0 Å². The van der Waals surface area contributed by atoms with Crippen LogP contribution in [0.25, 0.3) is 0 Å². The van der Waals surface area contributed by atoms with Crippen LogP contribution in [0.1, 0.15) is 12.0 Å². The van der Waals surface area contributed by atoms with Crippen LogP contribution in [0.4, 0.5) is 0 Å². The molecule has 0 fully saturated rings. The number of hydrogen-bond donors (Lipinski definition) is 1. The number of thiocarbonyl (C=S) groups is 1. The van der Waals surface area contributed by atoms with Crippen molar-refractivity contribution in [1.82, 2.24) is 0 Å². The quantitative estimate of drug-likeness (QED) is 0.812. The maximum absolute atomic E-state index is 5.94. The predicted octanol–water partition coefficient (Wildman–Crippen LogP) is 3.21. The standard InChI is InChI=1S/C9H9Cl2NS/c10-7-2-3-8(11)6(5-7)1-4-9(12)13/h2-3,5H,1,4H2,(H2,12,13). The second kappa shape index (κ2) is 4.80. The second-order valence-electron chi connectivity index (χ2n) is 2.70. The van der Waals surface area contributed by atoms with Crippen LogP contribution in [0.15, 0.2) is 18.2 Å². The Morgan fingerprint density at radius 1 is 1.38 bits per heavy atom. The molecule has 0 aliphatic heterocycles. The van der Waals surface area contributed by atoms with Crippen LogP contribution in [-0.2, 0) is 6.42 Å². The van der Waals surface area contributed by atoms with E-state index in [1.807, 2.05) is 6.07 Å². The molecular formula is C9H9Cl2NS. The minimum absolute atomic E-state index is 0.496. The smallest absolute Gasteiger partial charge is 0.0730 e. The van der Waals surface area contributed by atoms with E-state index in [4.69, 9.17) is 41.2 Å². The molecule has 4 heteroatoms. The molecule has 0 spiro atoms. The van der Waals surface area contributed by atoms with E-state index in [-0.39, 0.29) is 0 Å². The van der Waals surface area contributed by atoms with E-state index < -0.39 is 0 Å². The predicted molar refractivity (Wildman–Crippen MR) is 61.6 cm³/mol. The summed E-state index contributed by atoms with van der Waals surface area (Å²) in [5.74, 6) is 0. The first kappa shape index (κ1) is 10.8. The van der Waals surface area contributed by atoms with Gasteiger partial charge in [-0.3, -0.25) is 0 Å². The van der Waals surface area contributed by atoms with Crippen molar-refractivity contribution in [2.75, 3.05) is 0 Å². The fourth-order valence-corrected chi connectivity index (χ4v) is 1.50. The second-order valence-corrected chi connectivity index (χ2v) is 4.07. The van der Waals surface area contributed by atoms with Gasteiger partial charge >= 0.3 is 0 Å². The van der Waals surface area contributed by atoms with E-state index in [0.717, 1.165) is 12.0 Å². The zero-order valence-electron chi connectivity index (χ0n) is 6.89. The van der Waals surface area contributed by atoms with Crippen LogP contribution >= 0.6 is 35.4 Å². The molecular weight excluding hydrogens is 225 g/mol. The molecule has 70 valence electrons. The largest absolute Gasteiger partial charge is 0.393 e. The highest BCUT2D eigenvalue weighted by Crippen LogP contribution is 2.21. The molecule has 0 heterocycles. The molecule has 0 aliphatic rings. The fourth-order valence-electron chi connectivity index (χ4n) is 0.993. The normalized spacial score (nSPS) is 10.0. The summed E-state index contributed by atoms with van der Waals surface area (Å²) in [6.07, 6.45) is 1.41. The average Bonchev–Trinajstić information content (AvgIpc) is 2.06. The topological polar surface area (TPSA) is 26.0 Å². The molecule has 0 saturated heterocycles. The fraction of sp³-hybridized carbons (Fsp3) is 0.222. The molecule has 0 bridgehead atoms. The van der Waals surface area contributed by atoms with Crippen molar-refractivity contribution in [3.05, 3.63) is 33.8 Å². The molecule has 0 aromatic heterocycles. The lowest BCUT2D eigenvalue weighted by Crippen LogP contribution is -2.08. The first-order chi connectivity index (χ1) is 6.09. The minimum atomic E-state index is 0.496. The van der Waals surface area contributed by atoms with Crippen molar-refractivity contribution in [3.63, 3.8) is 0 Å². The number of aryl methyl sites for hydroxylation is 1. The highest BCUT2D eigenvalue weighted by molar-refractivity contribution is 7.80. The van der Waals surface area contributed by atoms with Crippen molar-refractivity contribution in [3.8, 4) is 0 Å². The van der Waals surface area contributed by atoms with Crippen molar-refractivity contribution in [2.45, 2.75) is 12.8 Å². The Balaban J connectivity index is 2.75. The molecule has 1 aromatic rings. The van der Waals surface area contributed by atoms with Gasteiger partial charge in [0.25, 0.3) is 0 Å². The summed E-state index contributed by atoms with van der Waals surface area (Å²) in [4.78, 5) is 0.496. The average molecular weight is 234 g/mol. The monoisotopic (exact) mass is 233 g/mol. The summed E-state index contributed by atoms with van der Waals surface area (Å²) in [6.45, 7) is 0. The lowest BCUT2D eigenvalue weighted by Gasteiger charge is -2.03. The maximum atomic E-state index is 5.94. The molecule has 0 radical (unpaired) electrons. The van der Waals surface area contributed by atoms with Gasteiger partial charge in [-0.1, -0.05) is 35.4 Å². The summed E-state index contributed by atoms with van der Waals surface area (Å²) in [6, 6.07) is 5.37.